The number of carboxylic acid groups (broad SMARTS) is 1. The van der Waals surface area contributed by atoms with Gasteiger partial charge in [0.2, 0.25) is 0 Å². The highest BCUT2D eigenvalue weighted by atomic mass is 32.2. The lowest BCUT2D eigenvalue weighted by molar-refractivity contribution is -0.141. The number of nitrogens with one attached hydrogen (secondary N) is 2. The first-order valence-corrected chi connectivity index (χ1v) is 6.44. The molecule has 0 saturated heterocycles. The number of amides is 1. The van der Waals surface area contributed by atoms with E-state index in [-0.39, 0.29) is 6.61 Å². The van der Waals surface area contributed by atoms with Crippen LogP contribution < -0.4 is 9.44 Å². The summed E-state index contributed by atoms with van der Waals surface area (Å²) in [4.78, 5) is 21.2. The summed E-state index contributed by atoms with van der Waals surface area (Å²) in [6.45, 7) is 2.08. The number of carboxylic acids is 1. The highest BCUT2D eigenvalue weighted by Gasteiger charge is 2.27. The molecule has 0 aliphatic rings. The monoisotopic (exact) mass is 284 g/mol. The summed E-state index contributed by atoms with van der Waals surface area (Å²) in [5.41, 5.74) is -1.77. The minimum absolute atomic E-state index is 0.00190. The van der Waals surface area contributed by atoms with Gasteiger partial charge in [-0.2, -0.15) is 13.1 Å². The maximum Gasteiger partial charge on any atom is 0.421 e. The molecule has 18 heavy (non-hydrogen) atoms. The molecular weight excluding hydrogens is 268 g/mol. The number of carbonyl (C=O) groups is 2. The highest BCUT2D eigenvalue weighted by molar-refractivity contribution is 7.88. The van der Waals surface area contributed by atoms with E-state index in [4.69, 9.17) is 5.11 Å². The van der Waals surface area contributed by atoms with Gasteiger partial charge in [0, 0.05) is 6.54 Å². The SMILES string of the molecule is CCOC(=O)NS(=O)(=O)NCC(C)(O)CC(=O)O. The van der Waals surface area contributed by atoms with Gasteiger partial charge in [0.1, 0.15) is 0 Å². The van der Waals surface area contributed by atoms with Crippen LogP contribution in [0.25, 0.3) is 0 Å². The first-order valence-electron chi connectivity index (χ1n) is 4.96. The van der Waals surface area contributed by atoms with Crippen molar-refractivity contribution in [2.45, 2.75) is 25.9 Å². The summed E-state index contributed by atoms with van der Waals surface area (Å²) in [5, 5.41) is 18.0. The van der Waals surface area contributed by atoms with Gasteiger partial charge >= 0.3 is 22.3 Å². The van der Waals surface area contributed by atoms with E-state index in [0.29, 0.717) is 0 Å². The molecule has 0 heterocycles. The van der Waals surface area contributed by atoms with Crippen LogP contribution in [0, 0.1) is 0 Å². The van der Waals surface area contributed by atoms with E-state index in [1.807, 2.05) is 4.72 Å². The van der Waals surface area contributed by atoms with Crippen molar-refractivity contribution in [1.82, 2.24) is 9.44 Å². The van der Waals surface area contributed by atoms with Gasteiger partial charge in [0.05, 0.1) is 18.6 Å². The third kappa shape index (κ3) is 7.81. The van der Waals surface area contributed by atoms with Crippen molar-refractivity contribution in [3.05, 3.63) is 0 Å². The lowest BCUT2D eigenvalue weighted by Gasteiger charge is -2.21. The largest absolute Gasteiger partial charge is 0.481 e. The van der Waals surface area contributed by atoms with Crippen molar-refractivity contribution >= 4 is 22.3 Å². The molecule has 1 atom stereocenters. The molecular formula is C8H16N2O7S. The third-order valence-electron chi connectivity index (χ3n) is 1.67. The minimum atomic E-state index is -4.20. The van der Waals surface area contributed by atoms with Gasteiger partial charge < -0.3 is 14.9 Å². The molecule has 0 aliphatic carbocycles. The minimum Gasteiger partial charge on any atom is -0.481 e. The molecule has 0 aliphatic heterocycles. The zero-order chi connectivity index (χ0) is 14.4. The number of carbonyl (C=O) groups excluding carboxylic acids is 1. The molecule has 10 heteroatoms. The van der Waals surface area contributed by atoms with E-state index >= 15 is 0 Å². The molecule has 1 unspecified atom stereocenters. The van der Waals surface area contributed by atoms with Crippen molar-refractivity contribution in [3.8, 4) is 0 Å². The Bertz CT molecular complexity index is 404. The van der Waals surface area contributed by atoms with Crippen LogP contribution in [-0.4, -0.2) is 49.4 Å². The number of hydrogen-bond acceptors (Lipinski definition) is 6. The van der Waals surface area contributed by atoms with Crippen LogP contribution in [0.1, 0.15) is 20.3 Å². The Morgan fingerprint density at radius 2 is 1.94 bits per heavy atom. The molecule has 9 nitrogen and oxygen atoms in total. The number of ether oxygens (including phenoxy) is 1. The predicted octanol–water partition coefficient (Wildman–Crippen LogP) is -1.21. The Kier molecular flexibility index (Phi) is 6.01. The van der Waals surface area contributed by atoms with Gasteiger partial charge in [-0.3, -0.25) is 4.79 Å². The molecule has 0 bridgehead atoms. The van der Waals surface area contributed by atoms with Crippen molar-refractivity contribution in [2.75, 3.05) is 13.2 Å². The van der Waals surface area contributed by atoms with Crippen molar-refractivity contribution in [1.29, 1.82) is 0 Å². The Labute approximate surface area is 104 Å². The average Bonchev–Trinajstić information content (AvgIpc) is 2.12. The zero-order valence-electron chi connectivity index (χ0n) is 9.97. The third-order valence-corrected chi connectivity index (χ3v) is 2.63. The fourth-order valence-corrected chi connectivity index (χ4v) is 1.80. The molecule has 0 saturated carbocycles. The lowest BCUT2D eigenvalue weighted by atomic mass is 10.0. The second-order valence-corrected chi connectivity index (χ2v) is 5.21. The molecule has 0 spiro atoms. The van der Waals surface area contributed by atoms with Crippen LogP contribution in [0.2, 0.25) is 0 Å². The summed E-state index contributed by atoms with van der Waals surface area (Å²) in [5.74, 6) is -1.28. The molecule has 4 N–H and O–H groups in total. The van der Waals surface area contributed by atoms with Gasteiger partial charge in [-0.25, -0.2) is 9.52 Å². The highest BCUT2D eigenvalue weighted by Crippen LogP contribution is 2.07. The molecule has 0 aromatic heterocycles. The summed E-state index contributed by atoms with van der Waals surface area (Å²) >= 11 is 0. The van der Waals surface area contributed by atoms with Crippen LogP contribution in [0.15, 0.2) is 0 Å². The topological polar surface area (TPSA) is 142 Å². The van der Waals surface area contributed by atoms with Gasteiger partial charge in [0.25, 0.3) is 0 Å². The molecule has 0 aromatic carbocycles. The quantitative estimate of drug-likeness (QED) is 0.459. The van der Waals surface area contributed by atoms with E-state index in [9.17, 15) is 23.1 Å². The summed E-state index contributed by atoms with van der Waals surface area (Å²) in [7, 11) is -4.20. The maximum atomic E-state index is 11.3. The standard InChI is InChI=1S/C8H16N2O7S/c1-3-17-7(13)10-18(15,16)9-5-8(2,14)4-6(11)12/h9,14H,3-5H2,1-2H3,(H,10,13)(H,11,12). The van der Waals surface area contributed by atoms with Crippen molar-refractivity contribution in [2.24, 2.45) is 0 Å². The Hall–Kier alpha value is -1.39. The molecule has 106 valence electrons. The molecule has 0 fully saturated rings. The summed E-state index contributed by atoms with van der Waals surface area (Å²) in [6, 6.07) is 0. The zero-order valence-corrected chi connectivity index (χ0v) is 10.8. The van der Waals surface area contributed by atoms with Crippen molar-refractivity contribution in [3.63, 3.8) is 0 Å². The van der Waals surface area contributed by atoms with Gasteiger partial charge in [-0.1, -0.05) is 0 Å². The predicted molar refractivity (Wildman–Crippen MR) is 60.0 cm³/mol. The van der Waals surface area contributed by atoms with E-state index in [2.05, 4.69) is 4.74 Å². The van der Waals surface area contributed by atoms with E-state index in [1.165, 1.54) is 11.6 Å². The first-order chi connectivity index (χ1) is 8.08. The van der Waals surface area contributed by atoms with Crippen LogP contribution in [0.5, 0.6) is 0 Å². The van der Waals surface area contributed by atoms with E-state index in [1.54, 1.807) is 0 Å². The maximum absolute atomic E-state index is 11.3. The molecule has 1 amide bonds. The number of rotatable bonds is 7. The number of aliphatic carboxylic acids is 1. The van der Waals surface area contributed by atoms with Gasteiger partial charge in [0.15, 0.2) is 0 Å². The number of hydrogen-bond donors (Lipinski definition) is 4. The fraction of sp³-hybridized carbons (Fsp3) is 0.750. The van der Waals surface area contributed by atoms with Crippen LogP contribution in [0.4, 0.5) is 4.79 Å². The van der Waals surface area contributed by atoms with E-state index in [0.717, 1.165) is 6.92 Å². The Morgan fingerprint density at radius 3 is 2.39 bits per heavy atom. The Balaban J connectivity index is 4.34. The van der Waals surface area contributed by atoms with Crippen LogP contribution in [0.3, 0.4) is 0 Å². The average molecular weight is 284 g/mol. The van der Waals surface area contributed by atoms with Crippen molar-refractivity contribution < 1.29 is 33.0 Å². The summed E-state index contributed by atoms with van der Waals surface area (Å²) in [6.07, 6.45) is -1.81. The van der Waals surface area contributed by atoms with Crippen LogP contribution >= 0.6 is 0 Å². The second-order valence-electron chi connectivity index (χ2n) is 3.71. The summed E-state index contributed by atoms with van der Waals surface area (Å²) < 4.78 is 30.2. The smallest absolute Gasteiger partial charge is 0.421 e. The lowest BCUT2D eigenvalue weighted by Crippen LogP contribution is -2.47. The molecule has 0 rings (SSSR count). The first kappa shape index (κ1) is 16.6. The van der Waals surface area contributed by atoms with Crippen LogP contribution in [-0.2, 0) is 19.7 Å². The van der Waals surface area contributed by atoms with E-state index < -0.39 is 40.8 Å². The fourth-order valence-electron chi connectivity index (χ4n) is 0.945. The van der Waals surface area contributed by atoms with Gasteiger partial charge in [-0.15, -0.1) is 0 Å². The second kappa shape index (κ2) is 6.52. The normalized spacial score (nSPS) is 14.6. The number of aliphatic hydroxyl groups is 1. The Morgan fingerprint density at radius 1 is 1.39 bits per heavy atom. The van der Waals surface area contributed by atoms with Gasteiger partial charge in [-0.05, 0) is 13.8 Å². The molecule has 0 aromatic rings. The molecule has 0 radical (unpaired) electrons.